The molecule has 0 radical (unpaired) electrons. The second-order valence-corrected chi connectivity index (χ2v) is 11.5. The molecule has 33 heavy (non-hydrogen) atoms. The van der Waals surface area contributed by atoms with Gasteiger partial charge in [0.25, 0.3) is 11.1 Å². The quantitative estimate of drug-likeness (QED) is 0.190. The highest BCUT2D eigenvalue weighted by Gasteiger charge is 2.35. The first kappa shape index (κ1) is 24.8. The average Bonchev–Trinajstić information content (AvgIpc) is 3.03. The Morgan fingerprint density at radius 3 is 2.21 bits per heavy atom. The Morgan fingerprint density at radius 2 is 1.58 bits per heavy atom. The molecule has 0 bridgehead atoms. The van der Waals surface area contributed by atoms with E-state index in [1.807, 2.05) is 60.7 Å². The van der Waals surface area contributed by atoms with Crippen LogP contribution >= 0.6 is 77.8 Å². The Bertz CT molecular complexity index is 1230. The molecule has 1 saturated heterocycles. The number of carbonyl (C=O) groups is 2. The van der Waals surface area contributed by atoms with Crippen LogP contribution in [0, 0.1) is 3.57 Å². The second-order valence-electron chi connectivity index (χ2n) is 7.12. The summed E-state index contributed by atoms with van der Waals surface area (Å²) in [5.41, 5.74) is 2.67. The van der Waals surface area contributed by atoms with Crippen LogP contribution in [-0.4, -0.2) is 16.0 Å². The molecular formula is C24H15Br2ClINO3S. The van der Waals surface area contributed by atoms with Crippen LogP contribution in [0.4, 0.5) is 4.79 Å². The molecule has 1 aliphatic rings. The van der Waals surface area contributed by atoms with E-state index in [9.17, 15) is 9.59 Å². The molecule has 0 atom stereocenters. The van der Waals surface area contributed by atoms with Crippen molar-refractivity contribution < 1.29 is 14.3 Å². The number of hydrogen-bond acceptors (Lipinski definition) is 4. The minimum absolute atomic E-state index is 0.254. The Balaban J connectivity index is 1.49. The normalized spacial score (nSPS) is 14.9. The summed E-state index contributed by atoms with van der Waals surface area (Å²) in [6.07, 6.45) is 1.72. The number of rotatable bonds is 6. The molecule has 4 nitrogen and oxygen atoms in total. The summed E-state index contributed by atoms with van der Waals surface area (Å²) in [4.78, 5) is 27.0. The molecular weight excluding hydrogens is 704 g/mol. The van der Waals surface area contributed by atoms with Crippen molar-refractivity contribution in [3.05, 3.63) is 99.8 Å². The predicted molar refractivity (Wildman–Crippen MR) is 148 cm³/mol. The van der Waals surface area contributed by atoms with Crippen LogP contribution in [-0.2, 0) is 17.9 Å². The standard InChI is InChI=1S/C24H15Br2ClINO3S/c25-19-9-16(10-20(26)22(19)32-13-15-1-5-17(27)6-2-15)11-21-23(30)29(24(31)33-21)12-14-3-7-18(28)8-4-14/h1-11H,12-13H2/b21-11+. The van der Waals surface area contributed by atoms with Gasteiger partial charge in [-0.2, -0.15) is 0 Å². The molecule has 1 fully saturated rings. The number of hydrogen-bond donors (Lipinski definition) is 0. The number of benzene rings is 3. The average molecular weight is 720 g/mol. The van der Waals surface area contributed by atoms with Crippen molar-refractivity contribution >= 4 is 95.0 Å². The molecule has 0 aromatic heterocycles. The first-order valence-electron chi connectivity index (χ1n) is 9.66. The monoisotopic (exact) mass is 717 g/mol. The van der Waals surface area contributed by atoms with Gasteiger partial charge < -0.3 is 4.74 Å². The Morgan fingerprint density at radius 1 is 0.970 bits per heavy atom. The van der Waals surface area contributed by atoms with Crippen LogP contribution in [0.2, 0.25) is 5.02 Å². The van der Waals surface area contributed by atoms with Crippen molar-refractivity contribution in [1.82, 2.24) is 4.90 Å². The maximum atomic E-state index is 12.9. The molecule has 168 valence electrons. The van der Waals surface area contributed by atoms with Crippen molar-refractivity contribution in [2.24, 2.45) is 0 Å². The van der Waals surface area contributed by atoms with E-state index in [2.05, 4.69) is 54.5 Å². The number of ether oxygens (including phenoxy) is 1. The summed E-state index contributed by atoms with van der Waals surface area (Å²) in [6, 6.07) is 18.9. The maximum absolute atomic E-state index is 12.9. The minimum atomic E-state index is -0.293. The van der Waals surface area contributed by atoms with Crippen LogP contribution in [0.25, 0.3) is 6.08 Å². The fourth-order valence-corrected chi connectivity index (χ4v) is 5.87. The lowest BCUT2D eigenvalue weighted by Crippen LogP contribution is -2.27. The van der Waals surface area contributed by atoms with Crippen molar-refractivity contribution in [3.63, 3.8) is 0 Å². The van der Waals surface area contributed by atoms with Crippen LogP contribution < -0.4 is 4.74 Å². The van der Waals surface area contributed by atoms with Crippen molar-refractivity contribution in [2.45, 2.75) is 13.2 Å². The van der Waals surface area contributed by atoms with E-state index >= 15 is 0 Å². The van der Waals surface area contributed by atoms with Gasteiger partial charge in [-0.3, -0.25) is 14.5 Å². The number of nitrogens with zero attached hydrogens (tertiary/aromatic N) is 1. The van der Waals surface area contributed by atoms with Gasteiger partial charge in [-0.25, -0.2) is 0 Å². The molecule has 2 amide bonds. The van der Waals surface area contributed by atoms with Crippen LogP contribution in [0.15, 0.2) is 74.5 Å². The van der Waals surface area contributed by atoms with Gasteiger partial charge in [0.1, 0.15) is 12.4 Å². The molecule has 1 aliphatic heterocycles. The number of halogens is 4. The summed E-state index contributed by atoms with van der Waals surface area (Å²) >= 11 is 16.2. The molecule has 1 heterocycles. The van der Waals surface area contributed by atoms with Gasteiger partial charge in [0, 0.05) is 8.59 Å². The van der Waals surface area contributed by atoms with E-state index < -0.39 is 0 Å². The van der Waals surface area contributed by atoms with Gasteiger partial charge in [0.05, 0.1) is 20.4 Å². The Hall–Kier alpha value is -1.33. The van der Waals surface area contributed by atoms with E-state index in [1.165, 1.54) is 4.90 Å². The zero-order chi connectivity index (χ0) is 23.5. The van der Waals surface area contributed by atoms with Gasteiger partial charge in [-0.05, 0) is 125 Å². The number of amides is 2. The van der Waals surface area contributed by atoms with Gasteiger partial charge in [0.15, 0.2) is 0 Å². The minimum Gasteiger partial charge on any atom is -0.487 e. The highest BCUT2D eigenvalue weighted by molar-refractivity contribution is 14.1. The van der Waals surface area contributed by atoms with Gasteiger partial charge in [-0.1, -0.05) is 35.9 Å². The zero-order valence-corrected chi connectivity index (χ0v) is 23.8. The Labute approximate surface area is 231 Å². The lowest BCUT2D eigenvalue weighted by molar-refractivity contribution is -0.123. The molecule has 0 unspecified atom stereocenters. The first-order valence-corrected chi connectivity index (χ1v) is 13.5. The lowest BCUT2D eigenvalue weighted by atomic mass is 10.2. The third kappa shape index (κ3) is 6.22. The topological polar surface area (TPSA) is 46.6 Å². The van der Waals surface area contributed by atoms with Crippen molar-refractivity contribution in [1.29, 1.82) is 0 Å². The van der Waals surface area contributed by atoms with E-state index in [4.69, 9.17) is 16.3 Å². The number of imide groups is 1. The fourth-order valence-electron chi connectivity index (χ4n) is 3.10. The van der Waals surface area contributed by atoms with E-state index in [1.54, 1.807) is 6.08 Å². The molecule has 4 rings (SSSR count). The van der Waals surface area contributed by atoms with E-state index in [0.29, 0.717) is 22.3 Å². The summed E-state index contributed by atoms with van der Waals surface area (Å²) in [5, 5.41) is 0.402. The summed E-state index contributed by atoms with van der Waals surface area (Å²) in [7, 11) is 0. The number of carbonyl (C=O) groups excluding carboxylic acids is 2. The number of thioether (sulfide) groups is 1. The molecule has 0 N–H and O–H groups in total. The third-order valence-corrected chi connectivity index (χ3v) is 7.80. The molecule has 3 aromatic carbocycles. The van der Waals surface area contributed by atoms with Crippen LogP contribution in [0.5, 0.6) is 5.75 Å². The van der Waals surface area contributed by atoms with E-state index in [-0.39, 0.29) is 17.7 Å². The SMILES string of the molecule is O=C1S/C(=C/c2cc(Br)c(OCc3ccc(Cl)cc3)c(Br)c2)C(=O)N1Cc1ccc(I)cc1. The highest BCUT2D eigenvalue weighted by Crippen LogP contribution is 2.38. The predicted octanol–water partition coefficient (Wildman–Crippen LogP) is 8.29. The molecule has 3 aromatic rings. The zero-order valence-electron chi connectivity index (χ0n) is 16.9. The van der Waals surface area contributed by atoms with E-state index in [0.717, 1.165) is 41.0 Å². The van der Waals surface area contributed by atoms with Crippen molar-refractivity contribution in [3.8, 4) is 5.75 Å². The largest absolute Gasteiger partial charge is 0.487 e. The molecule has 0 saturated carbocycles. The van der Waals surface area contributed by atoms with Gasteiger partial charge >= 0.3 is 0 Å². The Kier molecular flexibility index (Phi) is 8.22. The first-order chi connectivity index (χ1) is 15.8. The van der Waals surface area contributed by atoms with Crippen LogP contribution in [0.3, 0.4) is 0 Å². The smallest absolute Gasteiger partial charge is 0.293 e. The maximum Gasteiger partial charge on any atom is 0.293 e. The van der Waals surface area contributed by atoms with Gasteiger partial charge in [-0.15, -0.1) is 0 Å². The summed E-state index contributed by atoms with van der Waals surface area (Å²) in [6.45, 7) is 0.634. The highest BCUT2D eigenvalue weighted by atomic mass is 127. The third-order valence-electron chi connectivity index (χ3n) is 4.74. The molecule has 0 spiro atoms. The van der Waals surface area contributed by atoms with Crippen molar-refractivity contribution in [2.75, 3.05) is 0 Å². The second kappa shape index (κ2) is 10.9. The lowest BCUT2D eigenvalue weighted by Gasteiger charge is -2.13. The summed E-state index contributed by atoms with van der Waals surface area (Å²) in [5.74, 6) is 0.354. The van der Waals surface area contributed by atoms with Gasteiger partial charge in [0.2, 0.25) is 0 Å². The molecule has 0 aliphatic carbocycles. The van der Waals surface area contributed by atoms with Crippen LogP contribution in [0.1, 0.15) is 16.7 Å². The molecule has 9 heteroatoms. The summed E-state index contributed by atoms with van der Waals surface area (Å²) < 4.78 is 8.52. The fraction of sp³-hybridized carbons (Fsp3) is 0.0833.